The molecular weight excluding hydrogens is 254 g/mol. The van der Waals surface area contributed by atoms with Crippen LogP contribution in [0.5, 0.6) is 0 Å². The third kappa shape index (κ3) is 1.97. The predicted molar refractivity (Wildman–Crippen MR) is 69.7 cm³/mol. The van der Waals surface area contributed by atoms with Crippen molar-refractivity contribution >= 4 is 22.9 Å². The Hall–Kier alpha value is -1.65. The Labute approximate surface area is 107 Å². The molecule has 0 fully saturated rings. The molecule has 0 aliphatic rings. The van der Waals surface area contributed by atoms with Crippen LogP contribution < -0.4 is 0 Å². The summed E-state index contributed by atoms with van der Waals surface area (Å²) in [5.74, 6) is 0. The van der Waals surface area contributed by atoms with Crippen molar-refractivity contribution < 1.29 is 0 Å². The third-order valence-corrected chi connectivity index (χ3v) is 3.53. The highest BCUT2D eigenvalue weighted by molar-refractivity contribution is 7.13. The Balaban J connectivity index is 2.12. The second kappa shape index (κ2) is 4.31. The van der Waals surface area contributed by atoms with Gasteiger partial charge < -0.3 is 0 Å². The van der Waals surface area contributed by atoms with E-state index in [0.717, 1.165) is 16.4 Å². The number of benzene rings is 1. The molecule has 0 unspecified atom stereocenters. The number of thiazole rings is 1. The van der Waals surface area contributed by atoms with Crippen molar-refractivity contribution in [3.8, 4) is 16.4 Å². The van der Waals surface area contributed by atoms with Crippen molar-refractivity contribution in [1.82, 2.24) is 14.8 Å². The van der Waals surface area contributed by atoms with Gasteiger partial charge in [0.2, 0.25) is 0 Å². The molecule has 84 valence electrons. The molecule has 2 aromatic heterocycles. The molecule has 0 radical (unpaired) electrons. The average molecular weight is 262 g/mol. The lowest BCUT2D eigenvalue weighted by atomic mass is 10.3. The molecular formula is C12H8ClN3S. The van der Waals surface area contributed by atoms with Crippen LogP contribution in [-0.4, -0.2) is 14.8 Å². The van der Waals surface area contributed by atoms with Crippen LogP contribution in [0.3, 0.4) is 0 Å². The highest BCUT2D eigenvalue weighted by atomic mass is 35.5. The van der Waals surface area contributed by atoms with Gasteiger partial charge in [0.05, 0.1) is 11.9 Å². The van der Waals surface area contributed by atoms with Gasteiger partial charge in [-0.05, 0) is 18.2 Å². The molecule has 3 nitrogen and oxygen atoms in total. The number of hydrogen-bond acceptors (Lipinski definition) is 3. The van der Waals surface area contributed by atoms with Crippen LogP contribution in [0.2, 0.25) is 5.15 Å². The molecule has 17 heavy (non-hydrogen) atoms. The fourth-order valence-electron chi connectivity index (χ4n) is 1.61. The SMILES string of the molecule is Clc1csc(-c2ccnn2-c2ccccc2)n1. The summed E-state index contributed by atoms with van der Waals surface area (Å²) in [5, 5.41) is 7.52. The third-order valence-electron chi connectivity index (χ3n) is 2.34. The van der Waals surface area contributed by atoms with Crippen LogP contribution in [-0.2, 0) is 0 Å². The van der Waals surface area contributed by atoms with Crippen LogP contribution in [0.4, 0.5) is 0 Å². The van der Waals surface area contributed by atoms with Crippen molar-refractivity contribution in [2.45, 2.75) is 0 Å². The zero-order chi connectivity index (χ0) is 11.7. The van der Waals surface area contributed by atoms with Gasteiger partial charge >= 0.3 is 0 Å². The lowest BCUT2D eigenvalue weighted by Gasteiger charge is -2.04. The van der Waals surface area contributed by atoms with Gasteiger partial charge in [-0.1, -0.05) is 29.8 Å². The minimum absolute atomic E-state index is 0.519. The van der Waals surface area contributed by atoms with Gasteiger partial charge in [0.15, 0.2) is 0 Å². The summed E-state index contributed by atoms with van der Waals surface area (Å²) in [6, 6.07) is 11.9. The topological polar surface area (TPSA) is 30.7 Å². The summed E-state index contributed by atoms with van der Waals surface area (Å²) in [6.45, 7) is 0. The van der Waals surface area contributed by atoms with Crippen molar-refractivity contribution in [2.75, 3.05) is 0 Å². The summed E-state index contributed by atoms with van der Waals surface area (Å²) in [4.78, 5) is 4.26. The zero-order valence-corrected chi connectivity index (χ0v) is 10.3. The van der Waals surface area contributed by atoms with E-state index < -0.39 is 0 Å². The summed E-state index contributed by atoms with van der Waals surface area (Å²) < 4.78 is 1.86. The molecule has 1 aromatic carbocycles. The summed E-state index contributed by atoms with van der Waals surface area (Å²) in [6.07, 6.45) is 1.76. The first kappa shape index (κ1) is 10.5. The first-order chi connectivity index (χ1) is 8.34. The standard InChI is InChI=1S/C12H8ClN3S/c13-11-8-17-12(15-11)10-6-7-14-16(10)9-4-2-1-3-5-9/h1-8H. The fourth-order valence-corrected chi connectivity index (χ4v) is 2.57. The van der Waals surface area contributed by atoms with E-state index in [9.17, 15) is 0 Å². The molecule has 3 rings (SSSR count). The fraction of sp³-hybridized carbons (Fsp3) is 0. The Bertz CT molecular complexity index is 630. The highest BCUT2D eigenvalue weighted by Crippen LogP contribution is 2.27. The molecule has 0 aliphatic carbocycles. The number of halogens is 1. The normalized spacial score (nSPS) is 10.6. The summed E-state index contributed by atoms with van der Waals surface area (Å²) >= 11 is 7.36. The molecule has 0 aliphatic heterocycles. The maximum absolute atomic E-state index is 5.85. The molecule has 0 saturated heterocycles. The van der Waals surface area contributed by atoms with Crippen molar-refractivity contribution in [3.63, 3.8) is 0 Å². The number of rotatable bonds is 2. The number of nitrogens with zero attached hydrogens (tertiary/aromatic N) is 3. The van der Waals surface area contributed by atoms with Gasteiger partial charge in [0.25, 0.3) is 0 Å². The highest BCUT2D eigenvalue weighted by Gasteiger charge is 2.10. The number of para-hydroxylation sites is 1. The van der Waals surface area contributed by atoms with E-state index in [1.54, 1.807) is 6.20 Å². The Kier molecular flexibility index (Phi) is 2.66. The quantitative estimate of drug-likeness (QED) is 0.705. The molecule has 3 aromatic rings. The van der Waals surface area contributed by atoms with Gasteiger partial charge in [0.1, 0.15) is 15.9 Å². The van der Waals surface area contributed by atoms with Gasteiger partial charge in [-0.2, -0.15) is 5.10 Å². The van der Waals surface area contributed by atoms with Gasteiger partial charge in [-0.15, -0.1) is 11.3 Å². The van der Waals surface area contributed by atoms with Crippen LogP contribution in [0.1, 0.15) is 0 Å². The summed E-state index contributed by atoms with van der Waals surface area (Å²) in [5.41, 5.74) is 1.96. The molecule has 0 spiro atoms. The van der Waals surface area contributed by atoms with E-state index >= 15 is 0 Å². The minimum Gasteiger partial charge on any atom is -0.231 e. The van der Waals surface area contributed by atoms with E-state index in [4.69, 9.17) is 11.6 Å². The molecule has 0 amide bonds. The molecule has 0 N–H and O–H groups in total. The summed E-state index contributed by atoms with van der Waals surface area (Å²) in [7, 11) is 0. The van der Waals surface area contributed by atoms with E-state index in [2.05, 4.69) is 10.1 Å². The van der Waals surface area contributed by atoms with Gasteiger partial charge in [-0.25, -0.2) is 9.67 Å². The largest absolute Gasteiger partial charge is 0.231 e. The molecule has 0 atom stereocenters. The first-order valence-electron chi connectivity index (χ1n) is 5.05. The van der Waals surface area contributed by atoms with Crippen molar-refractivity contribution in [3.05, 3.63) is 53.1 Å². The minimum atomic E-state index is 0.519. The van der Waals surface area contributed by atoms with E-state index in [1.807, 2.05) is 46.5 Å². The van der Waals surface area contributed by atoms with Gasteiger partial charge in [0, 0.05) is 5.38 Å². The average Bonchev–Trinajstić information content (AvgIpc) is 2.98. The van der Waals surface area contributed by atoms with E-state index in [0.29, 0.717) is 5.15 Å². The molecule has 0 bridgehead atoms. The second-order valence-corrected chi connectivity index (χ2v) is 4.68. The maximum Gasteiger partial charge on any atom is 0.143 e. The lowest BCUT2D eigenvalue weighted by Crippen LogP contribution is -1.97. The second-order valence-electron chi connectivity index (χ2n) is 3.44. The zero-order valence-electron chi connectivity index (χ0n) is 8.75. The molecule has 5 heteroatoms. The Morgan fingerprint density at radius 3 is 2.65 bits per heavy atom. The first-order valence-corrected chi connectivity index (χ1v) is 6.31. The van der Waals surface area contributed by atoms with Crippen molar-refractivity contribution in [2.24, 2.45) is 0 Å². The molecule has 0 saturated carbocycles. The Morgan fingerprint density at radius 2 is 1.94 bits per heavy atom. The number of aromatic nitrogens is 3. The predicted octanol–water partition coefficient (Wildman–Crippen LogP) is 3.65. The number of hydrogen-bond donors (Lipinski definition) is 0. The van der Waals surface area contributed by atoms with Crippen LogP contribution >= 0.6 is 22.9 Å². The Morgan fingerprint density at radius 1 is 1.12 bits per heavy atom. The van der Waals surface area contributed by atoms with Crippen LogP contribution in [0.15, 0.2) is 48.0 Å². The van der Waals surface area contributed by atoms with E-state index in [-0.39, 0.29) is 0 Å². The van der Waals surface area contributed by atoms with Crippen molar-refractivity contribution in [1.29, 1.82) is 0 Å². The lowest BCUT2D eigenvalue weighted by molar-refractivity contribution is 0.887. The maximum atomic E-state index is 5.85. The van der Waals surface area contributed by atoms with Crippen LogP contribution in [0, 0.1) is 0 Å². The van der Waals surface area contributed by atoms with Crippen LogP contribution in [0.25, 0.3) is 16.4 Å². The van der Waals surface area contributed by atoms with E-state index in [1.165, 1.54) is 11.3 Å². The molecule has 2 heterocycles. The monoisotopic (exact) mass is 261 g/mol. The van der Waals surface area contributed by atoms with Gasteiger partial charge in [-0.3, -0.25) is 0 Å². The smallest absolute Gasteiger partial charge is 0.143 e.